The van der Waals surface area contributed by atoms with E-state index in [9.17, 15) is 13.2 Å². The van der Waals surface area contributed by atoms with Crippen LogP contribution in [0.3, 0.4) is 0 Å². The van der Waals surface area contributed by atoms with Crippen molar-refractivity contribution in [3.63, 3.8) is 0 Å². The van der Waals surface area contributed by atoms with Crippen molar-refractivity contribution in [3.05, 3.63) is 77.7 Å². The molecule has 182 valence electrons. The molecule has 0 bridgehead atoms. The van der Waals surface area contributed by atoms with Crippen LogP contribution in [0, 0.1) is 0 Å². The Labute approximate surface area is 207 Å². The Hall–Kier alpha value is -3.05. The molecule has 1 saturated heterocycles. The number of aromatic nitrogens is 1. The van der Waals surface area contributed by atoms with E-state index >= 15 is 0 Å². The maximum Gasteiger partial charge on any atom is 0.260 e. The number of fused-ring (bicyclic) bond motifs is 1. The second kappa shape index (κ2) is 9.90. The molecule has 0 saturated carbocycles. The van der Waals surface area contributed by atoms with Crippen LogP contribution < -0.4 is 4.90 Å². The highest BCUT2D eigenvalue weighted by Gasteiger charge is 2.28. The van der Waals surface area contributed by atoms with Crippen molar-refractivity contribution in [2.45, 2.75) is 24.8 Å². The molecule has 4 aromatic rings. The number of hydrogen-bond donors (Lipinski definition) is 0. The molecule has 0 aliphatic carbocycles. The van der Waals surface area contributed by atoms with Gasteiger partial charge in [-0.05, 0) is 54.4 Å². The van der Waals surface area contributed by atoms with Crippen molar-refractivity contribution >= 4 is 42.6 Å². The fraction of sp³-hybridized carbons (Fsp3) is 0.280. The molecule has 1 fully saturated rings. The number of morpholine rings is 1. The lowest BCUT2D eigenvalue weighted by Crippen LogP contribution is -2.40. The topological polar surface area (TPSA) is 93.0 Å². The number of ether oxygens (including phenoxy) is 1. The van der Waals surface area contributed by atoms with E-state index in [-0.39, 0.29) is 17.3 Å². The van der Waals surface area contributed by atoms with E-state index in [1.807, 2.05) is 24.3 Å². The third-order valence-electron chi connectivity index (χ3n) is 5.95. The highest BCUT2D eigenvalue weighted by molar-refractivity contribution is 7.89. The molecule has 1 aliphatic heterocycles. The van der Waals surface area contributed by atoms with Crippen LogP contribution in [-0.4, -0.2) is 49.9 Å². The normalized spacial score (nSPS) is 14.9. The lowest BCUT2D eigenvalue weighted by atomic mass is 10.1. The van der Waals surface area contributed by atoms with Gasteiger partial charge in [-0.1, -0.05) is 30.4 Å². The largest absolute Gasteiger partial charge is 0.467 e. The zero-order valence-electron chi connectivity index (χ0n) is 19.2. The van der Waals surface area contributed by atoms with E-state index in [0.717, 1.165) is 22.2 Å². The van der Waals surface area contributed by atoms with Crippen LogP contribution in [0.15, 0.2) is 70.2 Å². The lowest BCUT2D eigenvalue weighted by Gasteiger charge is -2.26. The van der Waals surface area contributed by atoms with Gasteiger partial charge in [0.15, 0.2) is 5.13 Å². The maximum atomic E-state index is 13.6. The SMILES string of the molecule is CCc1cccc2sc(N(Cc3ccco3)C(=O)c3ccc(S(=O)(=O)N4CCOCC4)cc3)nc12. The van der Waals surface area contributed by atoms with Gasteiger partial charge in [0.2, 0.25) is 10.0 Å². The van der Waals surface area contributed by atoms with Crippen molar-refractivity contribution in [1.82, 2.24) is 9.29 Å². The van der Waals surface area contributed by atoms with Crippen molar-refractivity contribution in [1.29, 1.82) is 0 Å². The Morgan fingerprint density at radius 2 is 1.86 bits per heavy atom. The first-order valence-corrected chi connectivity index (χ1v) is 13.6. The number of carbonyl (C=O) groups excluding carboxylic acids is 1. The molecule has 0 radical (unpaired) electrons. The summed E-state index contributed by atoms with van der Waals surface area (Å²) in [6.45, 7) is 3.67. The molecule has 2 aromatic carbocycles. The minimum Gasteiger partial charge on any atom is -0.467 e. The molecular formula is C25H25N3O5S2. The van der Waals surface area contributed by atoms with Crippen LogP contribution in [0.2, 0.25) is 0 Å². The highest BCUT2D eigenvalue weighted by Crippen LogP contribution is 2.33. The summed E-state index contributed by atoms with van der Waals surface area (Å²) in [5.74, 6) is 0.341. The molecular weight excluding hydrogens is 486 g/mol. The number of thiazole rings is 1. The molecule has 10 heteroatoms. The van der Waals surface area contributed by atoms with Crippen LogP contribution in [0.4, 0.5) is 5.13 Å². The smallest absolute Gasteiger partial charge is 0.260 e. The van der Waals surface area contributed by atoms with Crippen LogP contribution in [0.1, 0.15) is 28.6 Å². The number of anilines is 1. The van der Waals surface area contributed by atoms with Crippen LogP contribution >= 0.6 is 11.3 Å². The van der Waals surface area contributed by atoms with E-state index in [1.54, 1.807) is 29.4 Å². The van der Waals surface area contributed by atoms with Crippen molar-refractivity contribution in [3.8, 4) is 0 Å². The summed E-state index contributed by atoms with van der Waals surface area (Å²) in [4.78, 5) is 20.2. The standard InChI is InChI=1S/C25H25N3O5S2/c1-2-18-5-3-7-22-23(18)26-25(34-22)28(17-20-6-4-14-33-20)24(29)19-8-10-21(11-9-19)35(30,31)27-12-15-32-16-13-27/h3-11,14H,2,12-13,15-17H2,1H3. The first-order chi connectivity index (χ1) is 17.0. The molecule has 5 rings (SSSR count). The molecule has 3 heterocycles. The van der Waals surface area contributed by atoms with Gasteiger partial charge < -0.3 is 9.15 Å². The lowest BCUT2D eigenvalue weighted by molar-refractivity contribution is 0.0730. The minimum absolute atomic E-state index is 0.154. The second-order valence-electron chi connectivity index (χ2n) is 8.13. The van der Waals surface area contributed by atoms with Gasteiger partial charge in [-0.25, -0.2) is 13.4 Å². The molecule has 0 spiro atoms. The second-order valence-corrected chi connectivity index (χ2v) is 11.1. The van der Waals surface area contributed by atoms with Gasteiger partial charge in [0, 0.05) is 18.7 Å². The fourth-order valence-corrected chi connectivity index (χ4v) is 6.46. The maximum absolute atomic E-state index is 13.6. The van der Waals surface area contributed by atoms with Crippen LogP contribution in [0.25, 0.3) is 10.2 Å². The summed E-state index contributed by atoms with van der Waals surface area (Å²) < 4.78 is 39.1. The first-order valence-electron chi connectivity index (χ1n) is 11.4. The molecule has 0 atom stereocenters. The zero-order valence-corrected chi connectivity index (χ0v) is 20.8. The van der Waals surface area contributed by atoms with E-state index in [4.69, 9.17) is 14.1 Å². The van der Waals surface area contributed by atoms with Crippen LogP contribution in [-0.2, 0) is 27.7 Å². The Bertz CT molecular complexity index is 1420. The quantitative estimate of drug-likeness (QED) is 0.367. The predicted octanol–water partition coefficient (Wildman–Crippen LogP) is 4.32. The number of aryl methyl sites for hydroxylation is 1. The number of benzene rings is 2. The van der Waals surface area contributed by atoms with Crippen molar-refractivity contribution in [2.24, 2.45) is 0 Å². The molecule has 35 heavy (non-hydrogen) atoms. The number of sulfonamides is 1. The van der Waals surface area contributed by atoms with Crippen LogP contribution in [0.5, 0.6) is 0 Å². The Morgan fingerprint density at radius 3 is 2.54 bits per heavy atom. The van der Waals surface area contributed by atoms with Crippen molar-refractivity contribution in [2.75, 3.05) is 31.2 Å². The van der Waals surface area contributed by atoms with Gasteiger partial charge in [-0.3, -0.25) is 9.69 Å². The monoisotopic (exact) mass is 511 g/mol. The number of nitrogens with zero attached hydrogens (tertiary/aromatic N) is 3. The molecule has 1 amide bonds. The van der Waals surface area contributed by atoms with E-state index in [1.165, 1.54) is 27.8 Å². The number of rotatable bonds is 7. The van der Waals surface area contributed by atoms with E-state index < -0.39 is 10.0 Å². The Kier molecular flexibility index (Phi) is 6.70. The molecule has 0 unspecified atom stereocenters. The summed E-state index contributed by atoms with van der Waals surface area (Å²) in [5.41, 5.74) is 2.37. The molecule has 0 N–H and O–H groups in total. The number of para-hydroxylation sites is 1. The highest BCUT2D eigenvalue weighted by atomic mass is 32.2. The number of carbonyl (C=O) groups is 1. The number of amides is 1. The number of hydrogen-bond acceptors (Lipinski definition) is 7. The first kappa shape index (κ1) is 23.7. The van der Waals surface area contributed by atoms with Gasteiger partial charge in [0.25, 0.3) is 5.91 Å². The van der Waals surface area contributed by atoms with Gasteiger partial charge >= 0.3 is 0 Å². The molecule has 2 aromatic heterocycles. The summed E-state index contributed by atoms with van der Waals surface area (Å²) in [7, 11) is -3.64. The fourth-order valence-electron chi connectivity index (χ4n) is 4.04. The molecule has 1 aliphatic rings. The minimum atomic E-state index is -3.64. The van der Waals surface area contributed by atoms with E-state index in [0.29, 0.717) is 42.8 Å². The van der Waals surface area contributed by atoms with Gasteiger partial charge in [0.05, 0.1) is 41.1 Å². The average Bonchev–Trinajstić information content (AvgIpc) is 3.57. The zero-order chi connectivity index (χ0) is 24.4. The van der Waals surface area contributed by atoms with Gasteiger partial charge in [-0.2, -0.15) is 4.31 Å². The van der Waals surface area contributed by atoms with Gasteiger partial charge in [0.1, 0.15) is 5.76 Å². The Morgan fingerprint density at radius 1 is 1.09 bits per heavy atom. The van der Waals surface area contributed by atoms with Gasteiger partial charge in [-0.15, -0.1) is 0 Å². The summed E-state index contributed by atoms with van der Waals surface area (Å²) in [6, 6.07) is 15.7. The average molecular weight is 512 g/mol. The van der Waals surface area contributed by atoms with Crippen molar-refractivity contribution < 1.29 is 22.4 Å². The summed E-state index contributed by atoms with van der Waals surface area (Å²) in [6.07, 6.45) is 2.41. The van der Waals surface area contributed by atoms with E-state index in [2.05, 4.69) is 6.92 Å². The predicted molar refractivity (Wildman–Crippen MR) is 134 cm³/mol. The molecule has 8 nitrogen and oxygen atoms in total. The third kappa shape index (κ3) is 4.74. The summed E-state index contributed by atoms with van der Waals surface area (Å²) >= 11 is 1.44. The third-order valence-corrected chi connectivity index (χ3v) is 8.91. The summed E-state index contributed by atoms with van der Waals surface area (Å²) in [5, 5.41) is 0.562. The number of furan rings is 1. The Balaban J connectivity index is 1.47.